The molecule has 3 amide bonds. The monoisotopic (exact) mass is 534 g/mol. The molecule has 208 valence electrons. The van der Waals surface area contributed by atoms with E-state index < -0.39 is 29.6 Å². The van der Waals surface area contributed by atoms with Crippen molar-refractivity contribution in [3.63, 3.8) is 0 Å². The molecule has 5 atom stereocenters. The van der Waals surface area contributed by atoms with E-state index in [2.05, 4.69) is 22.0 Å². The summed E-state index contributed by atoms with van der Waals surface area (Å²) >= 11 is 0. The number of phenolic OH excluding ortho intramolecular Hbond substituents is 2. The Morgan fingerprint density at radius 2 is 1.79 bits per heavy atom. The van der Waals surface area contributed by atoms with Crippen LogP contribution in [0.5, 0.6) is 11.5 Å². The Morgan fingerprint density at radius 1 is 1.05 bits per heavy atom. The van der Waals surface area contributed by atoms with Crippen molar-refractivity contribution >= 4 is 17.7 Å². The van der Waals surface area contributed by atoms with Gasteiger partial charge in [-0.25, -0.2) is 0 Å². The minimum absolute atomic E-state index is 0.141. The third kappa shape index (κ3) is 4.73. The van der Waals surface area contributed by atoms with Crippen molar-refractivity contribution in [1.29, 1.82) is 0 Å². The largest absolute Gasteiger partial charge is 0.504 e. The predicted octanol–water partition coefficient (Wildman–Crippen LogP) is 2.61. The number of hydrogen-bond donors (Lipinski definition) is 5. The van der Waals surface area contributed by atoms with E-state index in [4.69, 9.17) is 0 Å². The molecule has 3 aliphatic rings. The van der Waals surface area contributed by atoms with Crippen molar-refractivity contribution in [2.24, 2.45) is 5.41 Å². The van der Waals surface area contributed by atoms with E-state index >= 15 is 0 Å². The molecular weight excluding hydrogens is 496 g/mol. The van der Waals surface area contributed by atoms with E-state index in [0.29, 0.717) is 17.5 Å². The van der Waals surface area contributed by atoms with Crippen LogP contribution in [0.1, 0.15) is 74.4 Å². The number of aromatic hydroxyl groups is 2. The first kappa shape index (κ1) is 27.0. The molecule has 0 bridgehead atoms. The molecule has 2 aromatic rings. The van der Waals surface area contributed by atoms with Gasteiger partial charge >= 0.3 is 0 Å². The van der Waals surface area contributed by atoms with E-state index in [1.807, 2.05) is 32.0 Å². The maximum atomic E-state index is 14.2. The number of likely N-dealkylation sites (N-methyl/N-ethyl adjacent to an activating group) is 1. The average Bonchev–Trinajstić information content (AvgIpc) is 3.14. The summed E-state index contributed by atoms with van der Waals surface area (Å²) in [7, 11) is 1.66. The Bertz CT molecular complexity index is 1310. The molecule has 2 heterocycles. The van der Waals surface area contributed by atoms with Crippen molar-refractivity contribution in [2.45, 2.75) is 83.1 Å². The van der Waals surface area contributed by atoms with Crippen molar-refractivity contribution in [3.05, 3.63) is 58.7 Å². The Labute approximate surface area is 229 Å². The second kappa shape index (κ2) is 10.2. The van der Waals surface area contributed by atoms with Gasteiger partial charge in [0, 0.05) is 12.0 Å². The zero-order valence-corrected chi connectivity index (χ0v) is 23.0. The molecule has 0 aromatic heterocycles. The first-order valence-corrected chi connectivity index (χ1v) is 13.7. The topological polar surface area (TPSA) is 131 Å². The highest BCUT2D eigenvalue weighted by atomic mass is 16.3. The maximum absolute atomic E-state index is 14.2. The molecule has 9 nitrogen and oxygen atoms in total. The highest BCUT2D eigenvalue weighted by molar-refractivity contribution is 5.95. The van der Waals surface area contributed by atoms with Crippen LogP contribution in [0.2, 0.25) is 0 Å². The number of carbonyl (C=O) groups excluding carboxylic acids is 3. The van der Waals surface area contributed by atoms with Gasteiger partial charge in [0.25, 0.3) is 0 Å². The minimum atomic E-state index is -0.930. The van der Waals surface area contributed by atoms with Crippen LogP contribution in [-0.2, 0) is 27.2 Å². The first-order chi connectivity index (χ1) is 18.5. The van der Waals surface area contributed by atoms with Crippen LogP contribution in [0.15, 0.2) is 36.4 Å². The third-order valence-corrected chi connectivity index (χ3v) is 8.75. The lowest BCUT2D eigenvalue weighted by molar-refractivity contribution is -0.145. The fourth-order valence-electron chi connectivity index (χ4n) is 6.64. The molecule has 2 aliphatic heterocycles. The van der Waals surface area contributed by atoms with Gasteiger partial charge in [-0.2, -0.15) is 0 Å². The standard InChI is InChI=1S/C30H38N4O5/c1-16(31-4)27(37)33-21-14-18-12-13-23(35)25(36)24(18)22-15-30(2,3)26(34(22)29(21)39)28(38)32-20-11-7-9-17-8-5-6-10-19(17)20/h5-6,8,10,12-13,16,20-22,26,31,35-36H,7,9,11,14-15H2,1-4H3,(H,32,38)(H,33,37)/t16-,20+,21-,22?,26?/m0/s1. The molecule has 9 heteroatoms. The average molecular weight is 535 g/mol. The van der Waals surface area contributed by atoms with Crippen molar-refractivity contribution in [1.82, 2.24) is 20.9 Å². The van der Waals surface area contributed by atoms with Gasteiger partial charge in [0.1, 0.15) is 12.1 Å². The number of carbonyl (C=O) groups is 3. The van der Waals surface area contributed by atoms with Gasteiger partial charge in [0.15, 0.2) is 11.5 Å². The van der Waals surface area contributed by atoms with Crippen molar-refractivity contribution < 1.29 is 24.6 Å². The maximum Gasteiger partial charge on any atom is 0.246 e. The Hall–Kier alpha value is -3.59. The summed E-state index contributed by atoms with van der Waals surface area (Å²) in [6.07, 6.45) is 3.29. The molecule has 39 heavy (non-hydrogen) atoms. The number of nitrogens with zero attached hydrogens (tertiary/aromatic N) is 1. The van der Waals surface area contributed by atoms with Gasteiger partial charge < -0.3 is 31.1 Å². The molecular formula is C30H38N4O5. The molecule has 2 aromatic carbocycles. The zero-order valence-electron chi connectivity index (χ0n) is 23.0. The van der Waals surface area contributed by atoms with E-state index in [-0.39, 0.29) is 41.7 Å². The van der Waals surface area contributed by atoms with Crippen LogP contribution in [-0.4, -0.2) is 58.0 Å². The smallest absolute Gasteiger partial charge is 0.246 e. The van der Waals surface area contributed by atoms with E-state index in [0.717, 1.165) is 24.8 Å². The summed E-state index contributed by atoms with van der Waals surface area (Å²) < 4.78 is 0. The fourth-order valence-corrected chi connectivity index (χ4v) is 6.64. The second-order valence-corrected chi connectivity index (χ2v) is 11.8. The molecule has 0 saturated carbocycles. The van der Waals surface area contributed by atoms with Crippen molar-refractivity contribution in [3.8, 4) is 11.5 Å². The summed E-state index contributed by atoms with van der Waals surface area (Å²) in [5, 5.41) is 30.3. The zero-order chi connectivity index (χ0) is 28.1. The van der Waals surface area contributed by atoms with Gasteiger partial charge in [-0.3, -0.25) is 14.4 Å². The highest BCUT2D eigenvalue weighted by Gasteiger charge is 2.56. The van der Waals surface area contributed by atoms with Gasteiger partial charge in [-0.15, -0.1) is 0 Å². The summed E-state index contributed by atoms with van der Waals surface area (Å²) in [5.41, 5.74) is 2.78. The second-order valence-electron chi connectivity index (χ2n) is 11.8. The minimum Gasteiger partial charge on any atom is -0.504 e. The lowest BCUT2D eigenvalue weighted by Gasteiger charge is -2.36. The summed E-state index contributed by atoms with van der Waals surface area (Å²) in [6.45, 7) is 5.60. The molecule has 5 rings (SSSR count). The van der Waals surface area contributed by atoms with Crippen LogP contribution in [0.4, 0.5) is 0 Å². The first-order valence-electron chi connectivity index (χ1n) is 13.7. The summed E-state index contributed by atoms with van der Waals surface area (Å²) in [6, 6.07) is 8.12. The summed E-state index contributed by atoms with van der Waals surface area (Å²) in [4.78, 5) is 42.7. The number of aryl methyl sites for hydroxylation is 1. The number of fused-ring (bicyclic) bond motifs is 4. The van der Waals surface area contributed by atoms with Crippen molar-refractivity contribution in [2.75, 3.05) is 7.05 Å². The van der Waals surface area contributed by atoms with Gasteiger partial charge in [0.2, 0.25) is 17.7 Å². The number of rotatable bonds is 5. The third-order valence-electron chi connectivity index (χ3n) is 8.75. The summed E-state index contributed by atoms with van der Waals surface area (Å²) in [5.74, 6) is -1.53. The van der Waals surface area contributed by atoms with Crippen LogP contribution >= 0.6 is 0 Å². The highest BCUT2D eigenvalue weighted by Crippen LogP contribution is 2.53. The van der Waals surface area contributed by atoms with Gasteiger partial charge in [-0.1, -0.05) is 44.2 Å². The normalized spacial score (nSPS) is 26.1. The number of amides is 3. The predicted molar refractivity (Wildman–Crippen MR) is 146 cm³/mol. The number of phenols is 2. The van der Waals surface area contributed by atoms with E-state index in [1.165, 1.54) is 11.6 Å². The van der Waals surface area contributed by atoms with Crippen LogP contribution in [0, 0.1) is 5.41 Å². The van der Waals surface area contributed by atoms with Crippen LogP contribution in [0.3, 0.4) is 0 Å². The van der Waals surface area contributed by atoms with Crippen LogP contribution < -0.4 is 16.0 Å². The number of hydrogen-bond acceptors (Lipinski definition) is 6. The molecule has 1 aliphatic carbocycles. The SMILES string of the molecule is CN[C@@H](C)C(=O)N[C@H]1Cc2ccc(O)c(O)c2C2CC(C)(C)C(C(=O)N[C@@H]3CCCc4ccccc43)N2C1=O. The molecule has 1 fully saturated rings. The fraction of sp³-hybridized carbons (Fsp3) is 0.500. The Kier molecular flexibility index (Phi) is 7.05. The number of benzene rings is 2. The van der Waals surface area contributed by atoms with Gasteiger partial charge in [-0.05, 0) is 67.8 Å². The quantitative estimate of drug-likeness (QED) is 0.375. The van der Waals surface area contributed by atoms with E-state index in [1.54, 1.807) is 24.9 Å². The molecule has 5 N–H and O–H groups in total. The van der Waals surface area contributed by atoms with Crippen LogP contribution in [0.25, 0.3) is 0 Å². The molecule has 1 saturated heterocycles. The molecule has 0 spiro atoms. The van der Waals surface area contributed by atoms with E-state index in [9.17, 15) is 24.6 Å². The lowest BCUT2D eigenvalue weighted by atomic mass is 9.80. The number of nitrogens with one attached hydrogen (secondary N) is 3. The molecule has 2 unspecified atom stereocenters. The Morgan fingerprint density at radius 3 is 2.54 bits per heavy atom. The molecule has 0 radical (unpaired) electrons. The van der Waals surface area contributed by atoms with Gasteiger partial charge in [0.05, 0.1) is 18.1 Å². The lowest BCUT2D eigenvalue weighted by Crippen LogP contribution is -2.57. The Balaban J connectivity index is 1.54.